The number of aryl methyl sites for hydroxylation is 1. The van der Waals surface area contributed by atoms with Crippen molar-refractivity contribution in [3.63, 3.8) is 0 Å². The first-order valence-corrected chi connectivity index (χ1v) is 13.8. The predicted octanol–water partition coefficient (Wildman–Crippen LogP) is 8.18. The molecule has 0 fully saturated rings. The number of rotatable bonds is 17. The molecule has 2 N–H and O–H groups in total. The maximum absolute atomic E-state index is 10.7. The molecular formula is C30H45N3O. The van der Waals surface area contributed by atoms with Crippen molar-refractivity contribution in [2.45, 2.75) is 116 Å². The standard InChI is InChI=1S/C30H45N3O/c1-3-5-7-9-10-12-13-16-24-20-25(23-27(34)17-14-11-8-6-4-2)22-26(21-24)28-18-15-19-29-30(28)32-33-31-29/h15,18-22,27,34H,3-14,16-17,23H2,1-2H3,(H,31,32,33). The number of H-pyrrole nitrogens is 1. The first-order valence-electron chi connectivity index (χ1n) is 13.8. The van der Waals surface area contributed by atoms with Crippen molar-refractivity contribution in [2.75, 3.05) is 0 Å². The van der Waals surface area contributed by atoms with E-state index in [-0.39, 0.29) is 6.10 Å². The van der Waals surface area contributed by atoms with Crippen LogP contribution >= 0.6 is 0 Å². The first kappa shape index (κ1) is 26.4. The molecule has 1 atom stereocenters. The summed E-state index contributed by atoms with van der Waals surface area (Å²) in [5.74, 6) is 0. The van der Waals surface area contributed by atoms with Gasteiger partial charge in [-0.1, -0.05) is 115 Å². The zero-order valence-corrected chi connectivity index (χ0v) is 21.5. The van der Waals surface area contributed by atoms with Crippen molar-refractivity contribution in [3.8, 4) is 11.1 Å². The predicted molar refractivity (Wildman–Crippen MR) is 144 cm³/mol. The average Bonchev–Trinajstić information content (AvgIpc) is 3.32. The molecule has 34 heavy (non-hydrogen) atoms. The largest absolute Gasteiger partial charge is 0.393 e. The Balaban J connectivity index is 1.68. The Morgan fingerprint density at radius 1 is 0.765 bits per heavy atom. The quantitative estimate of drug-likeness (QED) is 0.198. The fourth-order valence-corrected chi connectivity index (χ4v) is 4.93. The number of aromatic amines is 1. The summed E-state index contributed by atoms with van der Waals surface area (Å²) in [7, 11) is 0. The Kier molecular flexibility index (Phi) is 11.6. The van der Waals surface area contributed by atoms with Gasteiger partial charge in [-0.3, -0.25) is 0 Å². The molecule has 0 aliphatic rings. The maximum atomic E-state index is 10.7. The number of benzene rings is 2. The molecule has 0 saturated carbocycles. The van der Waals surface area contributed by atoms with E-state index in [1.807, 2.05) is 12.1 Å². The highest BCUT2D eigenvalue weighted by Crippen LogP contribution is 2.29. The summed E-state index contributed by atoms with van der Waals surface area (Å²) >= 11 is 0. The van der Waals surface area contributed by atoms with E-state index in [1.54, 1.807) is 0 Å². The van der Waals surface area contributed by atoms with Gasteiger partial charge in [0.25, 0.3) is 0 Å². The van der Waals surface area contributed by atoms with Gasteiger partial charge < -0.3 is 5.11 Å². The summed E-state index contributed by atoms with van der Waals surface area (Å²) in [5.41, 5.74) is 6.71. The molecule has 3 rings (SSSR count). The number of fused-ring (bicyclic) bond motifs is 1. The van der Waals surface area contributed by atoms with Crippen molar-refractivity contribution in [1.29, 1.82) is 0 Å². The fraction of sp³-hybridized carbons (Fsp3) is 0.600. The maximum Gasteiger partial charge on any atom is 0.120 e. The van der Waals surface area contributed by atoms with Crippen LogP contribution < -0.4 is 0 Å². The van der Waals surface area contributed by atoms with Crippen molar-refractivity contribution in [1.82, 2.24) is 15.4 Å². The van der Waals surface area contributed by atoms with E-state index < -0.39 is 0 Å². The Bertz CT molecular complexity index is 965. The molecule has 0 radical (unpaired) electrons. The van der Waals surface area contributed by atoms with E-state index in [0.717, 1.165) is 42.3 Å². The minimum atomic E-state index is -0.272. The molecule has 0 amide bonds. The molecule has 1 heterocycles. The van der Waals surface area contributed by atoms with Crippen LogP contribution in [0.2, 0.25) is 0 Å². The van der Waals surface area contributed by atoms with E-state index in [0.29, 0.717) is 0 Å². The summed E-state index contributed by atoms with van der Waals surface area (Å²) in [5, 5.41) is 22.2. The van der Waals surface area contributed by atoms with Crippen LogP contribution in [0, 0.1) is 0 Å². The molecule has 4 nitrogen and oxygen atoms in total. The van der Waals surface area contributed by atoms with E-state index in [9.17, 15) is 5.11 Å². The topological polar surface area (TPSA) is 61.8 Å². The minimum absolute atomic E-state index is 0.272. The lowest BCUT2D eigenvalue weighted by Gasteiger charge is -2.14. The van der Waals surface area contributed by atoms with Gasteiger partial charge in [0.15, 0.2) is 0 Å². The molecule has 3 aromatic rings. The third-order valence-corrected chi connectivity index (χ3v) is 6.89. The highest BCUT2D eigenvalue weighted by Gasteiger charge is 2.12. The van der Waals surface area contributed by atoms with Gasteiger partial charge in [-0.2, -0.15) is 15.4 Å². The summed E-state index contributed by atoms with van der Waals surface area (Å²) in [6, 6.07) is 13.1. The summed E-state index contributed by atoms with van der Waals surface area (Å²) in [4.78, 5) is 0. The zero-order chi connectivity index (χ0) is 24.0. The van der Waals surface area contributed by atoms with E-state index >= 15 is 0 Å². The van der Waals surface area contributed by atoms with Crippen LogP contribution in [-0.2, 0) is 12.8 Å². The van der Waals surface area contributed by atoms with E-state index in [2.05, 4.69) is 53.5 Å². The zero-order valence-electron chi connectivity index (χ0n) is 21.5. The molecule has 1 unspecified atom stereocenters. The molecule has 1 aromatic heterocycles. The first-order chi connectivity index (χ1) is 16.7. The van der Waals surface area contributed by atoms with Crippen LogP contribution in [0.1, 0.15) is 108 Å². The summed E-state index contributed by atoms with van der Waals surface area (Å²) < 4.78 is 0. The Morgan fingerprint density at radius 2 is 1.44 bits per heavy atom. The number of aromatic nitrogens is 3. The third kappa shape index (κ3) is 8.54. The van der Waals surface area contributed by atoms with Crippen LogP contribution in [0.4, 0.5) is 0 Å². The average molecular weight is 464 g/mol. The number of aliphatic hydroxyl groups is 1. The molecule has 0 spiro atoms. The number of unbranched alkanes of at least 4 members (excludes halogenated alkanes) is 10. The molecular weight excluding hydrogens is 418 g/mol. The second-order valence-electron chi connectivity index (χ2n) is 9.97. The van der Waals surface area contributed by atoms with Crippen LogP contribution in [0.3, 0.4) is 0 Å². The molecule has 0 bridgehead atoms. The van der Waals surface area contributed by atoms with Gasteiger partial charge in [-0.05, 0) is 48.4 Å². The third-order valence-electron chi connectivity index (χ3n) is 6.89. The van der Waals surface area contributed by atoms with Crippen LogP contribution in [0.15, 0.2) is 36.4 Å². The number of nitrogens with zero attached hydrogens (tertiary/aromatic N) is 2. The lowest BCUT2D eigenvalue weighted by Crippen LogP contribution is -2.10. The van der Waals surface area contributed by atoms with Crippen molar-refractivity contribution >= 4 is 11.0 Å². The number of aliphatic hydroxyl groups excluding tert-OH is 1. The SMILES string of the molecule is CCCCCCCCCc1cc(CC(O)CCCCCCC)cc(-c2cccc3n[nH]nc23)c1. The van der Waals surface area contributed by atoms with Gasteiger partial charge in [0.05, 0.1) is 6.10 Å². The summed E-state index contributed by atoms with van der Waals surface area (Å²) in [6.07, 6.45) is 17.9. The number of para-hydroxylation sites is 1. The number of hydrogen-bond donors (Lipinski definition) is 2. The number of hydrogen-bond acceptors (Lipinski definition) is 3. The molecule has 0 saturated heterocycles. The van der Waals surface area contributed by atoms with Gasteiger partial charge in [0.1, 0.15) is 11.0 Å². The molecule has 4 heteroatoms. The number of nitrogens with one attached hydrogen (secondary N) is 1. The highest BCUT2D eigenvalue weighted by atomic mass is 16.3. The Morgan fingerprint density at radius 3 is 2.21 bits per heavy atom. The lowest BCUT2D eigenvalue weighted by atomic mass is 9.93. The molecule has 186 valence electrons. The van der Waals surface area contributed by atoms with Crippen LogP contribution in [-0.4, -0.2) is 26.6 Å². The summed E-state index contributed by atoms with van der Waals surface area (Å²) in [6.45, 7) is 4.51. The van der Waals surface area contributed by atoms with Crippen molar-refractivity contribution in [2.24, 2.45) is 0 Å². The molecule has 0 aliphatic heterocycles. The van der Waals surface area contributed by atoms with Crippen molar-refractivity contribution in [3.05, 3.63) is 47.5 Å². The van der Waals surface area contributed by atoms with Gasteiger partial charge in [0, 0.05) is 5.56 Å². The molecule has 2 aromatic carbocycles. The highest BCUT2D eigenvalue weighted by molar-refractivity contribution is 5.91. The fourth-order valence-electron chi connectivity index (χ4n) is 4.93. The van der Waals surface area contributed by atoms with Crippen molar-refractivity contribution < 1.29 is 5.11 Å². The normalized spacial score (nSPS) is 12.4. The Hall–Kier alpha value is -2.20. The van der Waals surface area contributed by atoms with Gasteiger partial charge in [0.2, 0.25) is 0 Å². The lowest BCUT2D eigenvalue weighted by molar-refractivity contribution is 0.161. The van der Waals surface area contributed by atoms with Gasteiger partial charge in [-0.15, -0.1) is 0 Å². The monoisotopic (exact) mass is 463 g/mol. The van der Waals surface area contributed by atoms with Crippen LogP contribution in [0.25, 0.3) is 22.2 Å². The van der Waals surface area contributed by atoms with E-state index in [1.165, 1.54) is 87.3 Å². The molecule has 0 aliphatic carbocycles. The van der Waals surface area contributed by atoms with Gasteiger partial charge >= 0.3 is 0 Å². The van der Waals surface area contributed by atoms with E-state index in [4.69, 9.17) is 0 Å². The second kappa shape index (κ2) is 14.9. The Labute approximate surface area is 206 Å². The van der Waals surface area contributed by atoms with Gasteiger partial charge in [-0.25, -0.2) is 0 Å². The van der Waals surface area contributed by atoms with Crippen LogP contribution in [0.5, 0.6) is 0 Å². The smallest absolute Gasteiger partial charge is 0.120 e. The second-order valence-corrected chi connectivity index (χ2v) is 9.97. The minimum Gasteiger partial charge on any atom is -0.393 e.